The molecule has 8 nitrogen and oxygen atoms in total. The highest BCUT2D eigenvalue weighted by Crippen LogP contribution is 2.31. The van der Waals surface area contributed by atoms with Crippen molar-refractivity contribution >= 4 is 11.6 Å². The SMILES string of the molecule is COc1ccc(-c2nc(N)n(C)n2)cc1[N+](=O)[O-]. The van der Waals surface area contributed by atoms with Crippen LogP contribution in [0.5, 0.6) is 5.75 Å². The van der Waals surface area contributed by atoms with E-state index in [0.29, 0.717) is 11.4 Å². The zero-order valence-corrected chi connectivity index (χ0v) is 9.82. The molecule has 2 N–H and O–H groups in total. The van der Waals surface area contributed by atoms with Crippen molar-refractivity contribution in [2.75, 3.05) is 12.8 Å². The summed E-state index contributed by atoms with van der Waals surface area (Å²) < 4.78 is 6.31. The lowest BCUT2D eigenvalue weighted by Crippen LogP contribution is -1.97. The number of rotatable bonds is 3. The monoisotopic (exact) mass is 249 g/mol. The van der Waals surface area contributed by atoms with Crippen molar-refractivity contribution in [3.63, 3.8) is 0 Å². The third-order valence-corrected chi connectivity index (χ3v) is 2.43. The van der Waals surface area contributed by atoms with Gasteiger partial charge < -0.3 is 10.5 Å². The zero-order valence-electron chi connectivity index (χ0n) is 9.82. The maximum absolute atomic E-state index is 10.9. The van der Waals surface area contributed by atoms with E-state index in [4.69, 9.17) is 10.5 Å². The number of ether oxygens (including phenoxy) is 1. The van der Waals surface area contributed by atoms with E-state index in [9.17, 15) is 10.1 Å². The van der Waals surface area contributed by atoms with Crippen LogP contribution in [0.25, 0.3) is 11.4 Å². The molecule has 0 unspecified atom stereocenters. The van der Waals surface area contributed by atoms with Crippen LogP contribution in [0.4, 0.5) is 11.6 Å². The average molecular weight is 249 g/mol. The molecular formula is C10H11N5O3. The Balaban J connectivity index is 2.53. The molecular weight excluding hydrogens is 238 g/mol. The van der Waals surface area contributed by atoms with Crippen molar-refractivity contribution in [1.82, 2.24) is 14.8 Å². The quantitative estimate of drug-likeness (QED) is 0.641. The standard InChI is InChI=1S/C10H11N5O3/c1-14-10(11)12-9(13-14)6-3-4-8(18-2)7(5-6)15(16)17/h3-5H,1-2H3,(H2,11,12,13). The maximum Gasteiger partial charge on any atom is 0.311 e. The van der Waals surface area contributed by atoms with E-state index in [-0.39, 0.29) is 17.4 Å². The van der Waals surface area contributed by atoms with Crippen LogP contribution in [-0.2, 0) is 7.05 Å². The van der Waals surface area contributed by atoms with Crippen LogP contribution >= 0.6 is 0 Å². The summed E-state index contributed by atoms with van der Waals surface area (Å²) in [6, 6.07) is 4.49. The minimum atomic E-state index is -0.519. The molecule has 8 heteroatoms. The number of nitro benzene ring substituents is 1. The smallest absolute Gasteiger partial charge is 0.311 e. The Hall–Kier alpha value is -2.64. The van der Waals surface area contributed by atoms with Crippen LogP contribution in [0, 0.1) is 10.1 Å². The molecule has 0 aliphatic heterocycles. The van der Waals surface area contributed by atoms with Gasteiger partial charge in [-0.2, -0.15) is 4.98 Å². The normalized spacial score (nSPS) is 10.3. The van der Waals surface area contributed by atoms with Crippen molar-refractivity contribution in [1.29, 1.82) is 0 Å². The van der Waals surface area contributed by atoms with Crippen LogP contribution in [0.15, 0.2) is 18.2 Å². The molecule has 0 bridgehead atoms. The van der Waals surface area contributed by atoms with E-state index in [1.165, 1.54) is 23.9 Å². The summed E-state index contributed by atoms with van der Waals surface area (Å²) in [6.07, 6.45) is 0. The Morgan fingerprint density at radius 2 is 2.22 bits per heavy atom. The number of anilines is 1. The number of aryl methyl sites for hydroxylation is 1. The minimum absolute atomic E-state index is 0.138. The Labute approximate surface area is 102 Å². The van der Waals surface area contributed by atoms with Gasteiger partial charge in [-0.15, -0.1) is 5.10 Å². The summed E-state index contributed by atoms with van der Waals surface area (Å²) in [5.41, 5.74) is 5.93. The van der Waals surface area contributed by atoms with Gasteiger partial charge in [0, 0.05) is 18.7 Å². The van der Waals surface area contributed by atoms with E-state index in [2.05, 4.69) is 10.1 Å². The number of methoxy groups -OCH3 is 1. The van der Waals surface area contributed by atoms with Gasteiger partial charge in [0.05, 0.1) is 12.0 Å². The highest BCUT2D eigenvalue weighted by Gasteiger charge is 2.17. The van der Waals surface area contributed by atoms with Gasteiger partial charge in [0.15, 0.2) is 11.6 Å². The summed E-state index contributed by atoms with van der Waals surface area (Å²) in [5.74, 6) is 0.761. The van der Waals surface area contributed by atoms with Gasteiger partial charge >= 0.3 is 5.69 Å². The van der Waals surface area contributed by atoms with Gasteiger partial charge in [0.2, 0.25) is 5.95 Å². The Bertz CT molecular complexity index is 588. The molecule has 0 saturated carbocycles. The Kier molecular flexibility index (Phi) is 2.84. The molecule has 18 heavy (non-hydrogen) atoms. The van der Waals surface area contributed by atoms with Crippen molar-refractivity contribution in [3.05, 3.63) is 28.3 Å². The van der Waals surface area contributed by atoms with Crippen molar-refractivity contribution in [2.24, 2.45) is 7.05 Å². The van der Waals surface area contributed by atoms with Gasteiger partial charge in [-0.25, -0.2) is 4.68 Å². The summed E-state index contributed by atoms with van der Waals surface area (Å²) >= 11 is 0. The third-order valence-electron chi connectivity index (χ3n) is 2.43. The van der Waals surface area contributed by atoms with Crippen molar-refractivity contribution in [2.45, 2.75) is 0 Å². The lowest BCUT2D eigenvalue weighted by atomic mass is 10.2. The van der Waals surface area contributed by atoms with Crippen LogP contribution in [0.3, 0.4) is 0 Å². The lowest BCUT2D eigenvalue weighted by Gasteiger charge is -2.02. The molecule has 2 aromatic rings. The topological polar surface area (TPSA) is 109 Å². The number of nitrogen functional groups attached to an aromatic ring is 1. The first-order chi connectivity index (χ1) is 8.52. The van der Waals surface area contributed by atoms with Gasteiger partial charge in [-0.3, -0.25) is 10.1 Å². The molecule has 1 aromatic heterocycles. The second-order valence-corrected chi connectivity index (χ2v) is 3.56. The van der Waals surface area contributed by atoms with E-state index < -0.39 is 4.92 Å². The summed E-state index contributed by atoms with van der Waals surface area (Å²) in [6.45, 7) is 0. The minimum Gasteiger partial charge on any atom is -0.490 e. The number of nitrogens with two attached hydrogens (primary N) is 1. The van der Waals surface area contributed by atoms with E-state index >= 15 is 0 Å². The molecule has 0 aliphatic rings. The van der Waals surface area contributed by atoms with Crippen LogP contribution < -0.4 is 10.5 Å². The second kappa shape index (κ2) is 4.32. The highest BCUT2D eigenvalue weighted by atomic mass is 16.6. The average Bonchev–Trinajstić information content (AvgIpc) is 2.68. The molecule has 0 spiro atoms. The summed E-state index contributed by atoms with van der Waals surface area (Å²) in [4.78, 5) is 14.4. The molecule has 94 valence electrons. The molecule has 0 radical (unpaired) electrons. The predicted molar refractivity (Wildman–Crippen MR) is 64.1 cm³/mol. The molecule has 0 atom stereocenters. The van der Waals surface area contributed by atoms with Crippen LogP contribution in [0.2, 0.25) is 0 Å². The Morgan fingerprint density at radius 3 is 2.72 bits per heavy atom. The zero-order chi connectivity index (χ0) is 13.3. The van der Waals surface area contributed by atoms with Crippen molar-refractivity contribution < 1.29 is 9.66 Å². The fourth-order valence-corrected chi connectivity index (χ4v) is 1.49. The molecule has 2 rings (SSSR count). The summed E-state index contributed by atoms with van der Waals surface area (Å²) in [5, 5.41) is 14.9. The van der Waals surface area contributed by atoms with Gasteiger partial charge in [-0.05, 0) is 12.1 Å². The fraction of sp³-hybridized carbons (Fsp3) is 0.200. The molecule has 0 amide bonds. The molecule has 0 saturated heterocycles. The van der Waals surface area contributed by atoms with Gasteiger partial charge in [-0.1, -0.05) is 0 Å². The molecule has 0 fully saturated rings. The van der Waals surface area contributed by atoms with Crippen LogP contribution in [-0.4, -0.2) is 26.8 Å². The first-order valence-electron chi connectivity index (χ1n) is 5.02. The first kappa shape index (κ1) is 11.8. The number of hydrogen-bond donors (Lipinski definition) is 1. The second-order valence-electron chi connectivity index (χ2n) is 3.56. The third kappa shape index (κ3) is 1.95. The number of nitro groups is 1. The van der Waals surface area contributed by atoms with E-state index in [1.54, 1.807) is 13.1 Å². The summed E-state index contributed by atoms with van der Waals surface area (Å²) in [7, 11) is 3.02. The lowest BCUT2D eigenvalue weighted by molar-refractivity contribution is -0.385. The van der Waals surface area contributed by atoms with E-state index in [0.717, 1.165) is 0 Å². The van der Waals surface area contributed by atoms with Gasteiger partial charge in [0.25, 0.3) is 0 Å². The van der Waals surface area contributed by atoms with E-state index in [1.807, 2.05) is 0 Å². The number of benzene rings is 1. The first-order valence-corrected chi connectivity index (χ1v) is 5.02. The highest BCUT2D eigenvalue weighted by molar-refractivity contribution is 5.64. The fourth-order valence-electron chi connectivity index (χ4n) is 1.49. The van der Waals surface area contributed by atoms with Crippen LogP contribution in [0.1, 0.15) is 0 Å². The number of hydrogen-bond acceptors (Lipinski definition) is 6. The van der Waals surface area contributed by atoms with Gasteiger partial charge in [0.1, 0.15) is 0 Å². The Morgan fingerprint density at radius 1 is 1.50 bits per heavy atom. The molecule has 1 heterocycles. The number of nitrogens with zero attached hydrogens (tertiary/aromatic N) is 4. The predicted octanol–water partition coefficient (Wildman–Crippen LogP) is 0.981. The molecule has 0 aliphatic carbocycles. The van der Waals surface area contributed by atoms with Crippen molar-refractivity contribution in [3.8, 4) is 17.1 Å². The number of aromatic nitrogens is 3. The maximum atomic E-state index is 10.9. The largest absolute Gasteiger partial charge is 0.490 e. The molecule has 1 aromatic carbocycles.